The van der Waals surface area contributed by atoms with Crippen molar-refractivity contribution in [3.05, 3.63) is 48.8 Å². The molecule has 2 heterocycles. The van der Waals surface area contributed by atoms with Crippen LogP contribution in [0.25, 0.3) is 22.0 Å². The molecular weight excluding hydrogens is 224 g/mol. The van der Waals surface area contributed by atoms with E-state index >= 15 is 0 Å². The largest absolute Gasteiger partial charge is 0.371 e. The van der Waals surface area contributed by atoms with Gasteiger partial charge in [-0.1, -0.05) is 24.3 Å². The summed E-state index contributed by atoms with van der Waals surface area (Å²) in [6.45, 7) is 0. The maximum Gasteiger partial charge on any atom is 0.156 e. The van der Waals surface area contributed by atoms with Crippen LogP contribution in [0.2, 0.25) is 0 Å². The summed E-state index contributed by atoms with van der Waals surface area (Å²) >= 11 is 0. The summed E-state index contributed by atoms with van der Waals surface area (Å²) in [7, 11) is 1.85. The van der Waals surface area contributed by atoms with E-state index < -0.39 is 0 Å². The van der Waals surface area contributed by atoms with Gasteiger partial charge in [-0.05, 0) is 12.1 Å². The van der Waals surface area contributed by atoms with Gasteiger partial charge in [0.05, 0.1) is 0 Å². The van der Waals surface area contributed by atoms with Crippen LogP contribution in [-0.4, -0.2) is 22.2 Å². The molecule has 0 amide bonds. The number of nitrogens with one attached hydrogen (secondary N) is 1. The van der Waals surface area contributed by atoms with Crippen LogP contribution in [-0.2, 0) is 0 Å². The fourth-order valence-electron chi connectivity index (χ4n) is 2.01. The van der Waals surface area contributed by atoms with E-state index in [4.69, 9.17) is 0 Å². The molecule has 0 fully saturated rings. The van der Waals surface area contributed by atoms with Crippen molar-refractivity contribution in [1.82, 2.24) is 15.2 Å². The molecule has 4 heteroatoms. The number of aromatic nitrogens is 3. The summed E-state index contributed by atoms with van der Waals surface area (Å²) in [5, 5.41) is 13.7. The first-order valence-electron chi connectivity index (χ1n) is 5.73. The van der Waals surface area contributed by atoms with Gasteiger partial charge in [0, 0.05) is 35.8 Å². The Kier molecular flexibility index (Phi) is 2.61. The molecule has 1 aromatic carbocycles. The van der Waals surface area contributed by atoms with Crippen molar-refractivity contribution in [3.63, 3.8) is 0 Å². The second-order valence-electron chi connectivity index (χ2n) is 3.93. The van der Waals surface area contributed by atoms with Crippen molar-refractivity contribution in [2.24, 2.45) is 0 Å². The predicted octanol–water partition coefficient (Wildman–Crippen LogP) is 2.73. The van der Waals surface area contributed by atoms with Gasteiger partial charge in [-0.25, -0.2) is 0 Å². The quantitative estimate of drug-likeness (QED) is 0.743. The van der Waals surface area contributed by atoms with Crippen molar-refractivity contribution < 1.29 is 0 Å². The molecule has 0 aliphatic carbocycles. The minimum atomic E-state index is 0.795. The zero-order valence-corrected chi connectivity index (χ0v) is 9.96. The number of fused-ring (bicyclic) bond motifs is 1. The molecule has 4 nitrogen and oxygen atoms in total. The van der Waals surface area contributed by atoms with Crippen molar-refractivity contribution in [3.8, 4) is 11.3 Å². The molecule has 0 aliphatic rings. The van der Waals surface area contributed by atoms with Crippen LogP contribution in [0.3, 0.4) is 0 Å². The van der Waals surface area contributed by atoms with Crippen LogP contribution in [0.1, 0.15) is 0 Å². The van der Waals surface area contributed by atoms with E-state index in [1.807, 2.05) is 37.4 Å². The number of nitrogens with zero attached hydrogens (tertiary/aromatic N) is 3. The standard InChI is InChI=1S/C14H12N4/c1-15-14-12-5-3-2-4-11(12)13(17-18-14)10-6-8-16-9-7-10/h2-9H,1H3,(H,15,18). The average Bonchev–Trinajstić information content (AvgIpc) is 2.47. The van der Waals surface area contributed by atoms with Gasteiger partial charge >= 0.3 is 0 Å². The fourth-order valence-corrected chi connectivity index (χ4v) is 2.01. The maximum atomic E-state index is 4.31. The molecule has 18 heavy (non-hydrogen) atoms. The molecule has 0 atom stereocenters. The molecule has 0 unspecified atom stereocenters. The van der Waals surface area contributed by atoms with E-state index in [2.05, 4.69) is 26.6 Å². The first-order chi connectivity index (χ1) is 8.90. The summed E-state index contributed by atoms with van der Waals surface area (Å²) in [6, 6.07) is 12.0. The van der Waals surface area contributed by atoms with Crippen molar-refractivity contribution in [1.29, 1.82) is 0 Å². The first-order valence-corrected chi connectivity index (χ1v) is 5.73. The van der Waals surface area contributed by atoms with Crippen molar-refractivity contribution in [2.45, 2.75) is 0 Å². The molecule has 88 valence electrons. The van der Waals surface area contributed by atoms with Crippen molar-refractivity contribution in [2.75, 3.05) is 12.4 Å². The fraction of sp³-hybridized carbons (Fsp3) is 0.0714. The van der Waals surface area contributed by atoms with E-state index in [-0.39, 0.29) is 0 Å². The van der Waals surface area contributed by atoms with Crippen LogP contribution < -0.4 is 5.32 Å². The summed E-state index contributed by atoms with van der Waals surface area (Å²) in [5.41, 5.74) is 1.91. The number of hydrogen-bond acceptors (Lipinski definition) is 4. The van der Waals surface area contributed by atoms with E-state index in [1.54, 1.807) is 12.4 Å². The van der Waals surface area contributed by atoms with Gasteiger partial charge < -0.3 is 5.32 Å². The lowest BCUT2D eigenvalue weighted by Gasteiger charge is -2.08. The Labute approximate surface area is 105 Å². The Morgan fingerprint density at radius 3 is 2.33 bits per heavy atom. The zero-order valence-electron chi connectivity index (χ0n) is 9.96. The van der Waals surface area contributed by atoms with Gasteiger partial charge in [0.2, 0.25) is 0 Å². The molecule has 2 aromatic heterocycles. The van der Waals surface area contributed by atoms with Gasteiger partial charge in [-0.3, -0.25) is 4.98 Å². The van der Waals surface area contributed by atoms with Gasteiger partial charge in [0.15, 0.2) is 5.82 Å². The lowest BCUT2D eigenvalue weighted by atomic mass is 10.1. The summed E-state index contributed by atoms with van der Waals surface area (Å²) < 4.78 is 0. The monoisotopic (exact) mass is 236 g/mol. The zero-order chi connectivity index (χ0) is 12.4. The highest BCUT2D eigenvalue weighted by Gasteiger charge is 2.09. The lowest BCUT2D eigenvalue weighted by molar-refractivity contribution is 1.05. The summed E-state index contributed by atoms with van der Waals surface area (Å²) in [6.07, 6.45) is 3.52. The van der Waals surface area contributed by atoms with Crippen LogP contribution in [0, 0.1) is 0 Å². The van der Waals surface area contributed by atoms with E-state index in [0.29, 0.717) is 0 Å². The molecule has 3 aromatic rings. The molecule has 0 saturated carbocycles. The summed E-state index contributed by atoms with van der Waals surface area (Å²) in [4.78, 5) is 4.02. The molecular formula is C14H12N4. The second-order valence-corrected chi connectivity index (χ2v) is 3.93. The normalized spacial score (nSPS) is 10.5. The average molecular weight is 236 g/mol. The third-order valence-electron chi connectivity index (χ3n) is 2.88. The topological polar surface area (TPSA) is 50.7 Å². The van der Waals surface area contributed by atoms with E-state index in [1.165, 1.54) is 0 Å². The Morgan fingerprint density at radius 2 is 1.61 bits per heavy atom. The highest BCUT2D eigenvalue weighted by atomic mass is 15.2. The first kappa shape index (κ1) is 10.7. The second kappa shape index (κ2) is 4.41. The minimum Gasteiger partial charge on any atom is -0.371 e. The van der Waals surface area contributed by atoms with E-state index in [0.717, 1.165) is 27.8 Å². The molecule has 1 N–H and O–H groups in total. The number of pyridine rings is 1. The number of benzene rings is 1. The smallest absolute Gasteiger partial charge is 0.156 e. The minimum absolute atomic E-state index is 0.795. The van der Waals surface area contributed by atoms with Crippen LogP contribution >= 0.6 is 0 Å². The summed E-state index contributed by atoms with van der Waals surface area (Å²) in [5.74, 6) is 0.795. The van der Waals surface area contributed by atoms with Crippen molar-refractivity contribution >= 4 is 16.6 Å². The highest BCUT2D eigenvalue weighted by molar-refractivity contribution is 5.99. The molecule has 3 rings (SSSR count). The van der Waals surface area contributed by atoms with E-state index in [9.17, 15) is 0 Å². The Balaban J connectivity index is 2.32. The molecule has 0 aliphatic heterocycles. The van der Waals surface area contributed by atoms with Gasteiger partial charge in [0.25, 0.3) is 0 Å². The van der Waals surface area contributed by atoms with Crippen LogP contribution in [0.4, 0.5) is 5.82 Å². The Morgan fingerprint density at radius 1 is 0.889 bits per heavy atom. The van der Waals surface area contributed by atoms with Gasteiger partial charge in [0.1, 0.15) is 5.69 Å². The maximum absolute atomic E-state index is 4.31. The number of anilines is 1. The lowest BCUT2D eigenvalue weighted by Crippen LogP contribution is -1.98. The molecule has 0 saturated heterocycles. The third-order valence-corrected chi connectivity index (χ3v) is 2.88. The Bertz CT molecular complexity index is 680. The van der Waals surface area contributed by atoms with Gasteiger partial charge in [-0.15, -0.1) is 10.2 Å². The Hall–Kier alpha value is -2.49. The number of rotatable bonds is 2. The highest BCUT2D eigenvalue weighted by Crippen LogP contribution is 2.28. The molecule has 0 spiro atoms. The van der Waals surface area contributed by atoms with Gasteiger partial charge in [-0.2, -0.15) is 0 Å². The molecule has 0 radical (unpaired) electrons. The SMILES string of the molecule is CNc1nnc(-c2ccncc2)c2ccccc12. The van der Waals surface area contributed by atoms with Crippen LogP contribution in [0.15, 0.2) is 48.8 Å². The third kappa shape index (κ3) is 1.68. The molecule has 0 bridgehead atoms. The van der Waals surface area contributed by atoms with Crippen LogP contribution in [0.5, 0.6) is 0 Å². The predicted molar refractivity (Wildman–Crippen MR) is 72.3 cm³/mol. The number of hydrogen-bond donors (Lipinski definition) is 1.